The monoisotopic (exact) mass is 1300 g/mol. The molecule has 4 saturated carbocycles. The van der Waals surface area contributed by atoms with Crippen LogP contribution >= 0.6 is 0 Å². The molecule has 0 bridgehead atoms. The summed E-state index contributed by atoms with van der Waals surface area (Å²) in [5.41, 5.74) is 0. The average molecular weight is 1300 g/mol. The van der Waals surface area contributed by atoms with Gasteiger partial charge >= 0.3 is 11.9 Å². The molecule has 5 heterocycles. The molecule has 31 atom stereocenters. The molecule has 0 radical (unpaired) electrons. The fourth-order valence-corrected chi connectivity index (χ4v) is 14.2. The summed E-state index contributed by atoms with van der Waals surface area (Å²) in [7, 11) is 2.89. The van der Waals surface area contributed by atoms with Crippen molar-refractivity contribution in [1.29, 1.82) is 0 Å². The van der Waals surface area contributed by atoms with Crippen molar-refractivity contribution in [2.24, 2.45) is 23.7 Å². The number of ether oxygens (including phenoxy) is 13. The summed E-state index contributed by atoms with van der Waals surface area (Å²) in [6.45, 7) is -0.337. The number of methoxy groups -OCH3 is 2. The summed E-state index contributed by atoms with van der Waals surface area (Å²) >= 11 is 0. The number of aliphatic hydroxyl groups excluding tert-OH is 16. The summed E-state index contributed by atoms with van der Waals surface area (Å²) in [5, 5.41) is 172. The summed E-state index contributed by atoms with van der Waals surface area (Å²) in [4.78, 5) is 25.7. The molecule has 4 aliphatic carbocycles. The Hall–Kier alpha value is -2.66. The molecule has 9 fully saturated rings. The van der Waals surface area contributed by atoms with Crippen molar-refractivity contribution in [3.8, 4) is 0 Å². The van der Waals surface area contributed by atoms with Gasteiger partial charge in [0.1, 0.15) is 104 Å². The number of aliphatic hydroxyl groups is 18. The lowest BCUT2D eigenvalue weighted by atomic mass is 9.72. The predicted molar refractivity (Wildman–Crippen MR) is 298 cm³/mol. The standard InChI is InChI=1S/C59H94O31/c1-23-54(90-41(65)13-7-24-4-9-28(10-5-24)83-57-50(74)47(71)44(68)38(88-57)21-80-40(64)12-8-25-6-11-30(62)31(63)14-25)49(73)53(77)56(82-23)81-22-39-45(69)48(72)52(76)59(89-39)86-36-19-29-32(84-55(36)26-15-34(78-2)42(66)35(16-26)79-3)17-27(61)18-33(29)85-58-51(75)46(70)43(67)37(20-60)87-58/h7-8,12-13,23-39,42-63,66-77H,4-6,9-11,14-22H2,1-3H3/p+1. The number of allylic oxidation sites excluding steroid dienone is 2. The van der Waals surface area contributed by atoms with E-state index in [1.54, 1.807) is 12.2 Å². The maximum absolute atomic E-state index is 13.2. The van der Waals surface area contributed by atoms with Crippen LogP contribution in [0.2, 0.25) is 0 Å². The quantitative estimate of drug-likeness (QED) is 0.0306. The van der Waals surface area contributed by atoms with Crippen LogP contribution in [0.4, 0.5) is 0 Å². The maximum atomic E-state index is 13.2. The fourth-order valence-electron chi connectivity index (χ4n) is 14.2. The number of rotatable bonds is 20. The Morgan fingerprint density at radius 2 is 1.02 bits per heavy atom. The number of hydrogen-bond donors (Lipinski definition) is 16. The smallest absolute Gasteiger partial charge is 0.330 e. The Morgan fingerprint density at radius 3 is 1.62 bits per heavy atom. The van der Waals surface area contributed by atoms with Crippen molar-refractivity contribution >= 4 is 11.9 Å². The number of esters is 2. The zero-order valence-corrected chi connectivity index (χ0v) is 50.4. The molecule has 0 amide bonds. The SMILES string of the molecule is COC1CC(C2[OH+]C3CC(O)CC(OC4OC(CO)C(O)C(O)C4O)C3CC2OC2OC(COC3OC(C)C(OC(=O)C=CC4CCC(OC5OC(COC(=O)C=CC6CCC(O)C(O)C6)C(O)C(O)C5O)CC4)C(O)C3O)C(O)C(O)C2O)CC(OC)C1O. The summed E-state index contributed by atoms with van der Waals surface area (Å²) in [6.07, 6.45) is -31.3. The minimum Gasteiger partial charge on any atom is -0.460 e. The second kappa shape index (κ2) is 31.9. The third-order valence-electron chi connectivity index (χ3n) is 19.7. The van der Waals surface area contributed by atoms with Gasteiger partial charge in [-0.15, -0.1) is 0 Å². The molecule has 90 heavy (non-hydrogen) atoms. The predicted octanol–water partition coefficient (Wildman–Crippen LogP) is -6.44. The molecule has 516 valence electrons. The van der Waals surface area contributed by atoms with Gasteiger partial charge in [-0.05, 0) is 83.0 Å². The van der Waals surface area contributed by atoms with Gasteiger partial charge in [0.05, 0.1) is 68.0 Å². The van der Waals surface area contributed by atoms with Crippen molar-refractivity contribution in [2.45, 2.75) is 274 Å². The largest absolute Gasteiger partial charge is 0.460 e. The van der Waals surface area contributed by atoms with Crippen LogP contribution in [0.5, 0.6) is 0 Å². The Balaban J connectivity index is 0.763. The molecule has 5 aliphatic heterocycles. The topological polar surface area (TPSA) is 481 Å². The molecule has 31 unspecified atom stereocenters. The van der Waals surface area contributed by atoms with Gasteiger partial charge in [0.2, 0.25) is 0 Å². The fraction of sp³-hybridized carbons (Fsp3) is 0.898. The van der Waals surface area contributed by atoms with E-state index in [1.807, 2.05) is 0 Å². The highest BCUT2D eigenvalue weighted by atomic mass is 16.7. The molecular formula is C59H95O31+. The van der Waals surface area contributed by atoms with E-state index in [2.05, 4.69) is 0 Å². The molecule has 31 heteroatoms. The van der Waals surface area contributed by atoms with E-state index in [0.29, 0.717) is 38.5 Å². The van der Waals surface area contributed by atoms with Crippen LogP contribution in [0.25, 0.3) is 0 Å². The van der Waals surface area contributed by atoms with Crippen LogP contribution in [-0.4, -0.2) is 322 Å². The number of fused-ring (bicyclic) bond motifs is 1. The molecule has 17 N–H and O–H groups in total. The van der Waals surface area contributed by atoms with Crippen molar-refractivity contribution < 1.29 is 153 Å². The molecule has 31 nitrogen and oxygen atoms in total. The molecule has 0 spiro atoms. The van der Waals surface area contributed by atoms with Crippen LogP contribution in [0.1, 0.15) is 84.0 Å². The van der Waals surface area contributed by atoms with E-state index < -0.39 is 234 Å². The lowest BCUT2D eigenvalue weighted by Gasteiger charge is -2.50. The van der Waals surface area contributed by atoms with Crippen molar-refractivity contribution in [1.82, 2.24) is 0 Å². The third kappa shape index (κ3) is 16.8. The normalized spacial score (nSPS) is 49.7. The van der Waals surface area contributed by atoms with Crippen molar-refractivity contribution in [3.05, 3.63) is 24.3 Å². The zero-order chi connectivity index (χ0) is 65.0. The van der Waals surface area contributed by atoms with Crippen molar-refractivity contribution in [3.63, 3.8) is 0 Å². The lowest BCUT2D eigenvalue weighted by Crippen LogP contribution is -2.65. The van der Waals surface area contributed by atoms with Gasteiger partial charge in [0, 0.05) is 45.1 Å². The van der Waals surface area contributed by atoms with Crippen molar-refractivity contribution in [2.75, 3.05) is 34.0 Å². The minimum atomic E-state index is -1.90. The molecule has 9 aliphatic rings. The van der Waals surface area contributed by atoms with Crippen LogP contribution in [0.3, 0.4) is 0 Å². The molecule has 9 rings (SSSR count). The van der Waals surface area contributed by atoms with Gasteiger partial charge in [0.25, 0.3) is 0 Å². The van der Waals surface area contributed by atoms with E-state index in [9.17, 15) is 91.3 Å². The van der Waals surface area contributed by atoms with Crippen LogP contribution in [-0.2, 0) is 66.4 Å². The highest BCUT2D eigenvalue weighted by molar-refractivity contribution is 5.82. The van der Waals surface area contributed by atoms with Gasteiger partial charge in [0.15, 0.2) is 43.5 Å². The second-order valence-electron chi connectivity index (χ2n) is 25.7. The first-order valence-corrected chi connectivity index (χ1v) is 31.4. The van der Waals surface area contributed by atoms with Crippen LogP contribution in [0.15, 0.2) is 24.3 Å². The Labute approximate surface area is 519 Å². The second-order valence-corrected chi connectivity index (χ2v) is 25.7. The molecule has 5 saturated heterocycles. The lowest BCUT2D eigenvalue weighted by molar-refractivity contribution is -0.371. The number of carbonyl (C=O) groups excluding carboxylic acids is 2. The first kappa shape index (κ1) is 71.6. The summed E-state index contributed by atoms with van der Waals surface area (Å²) in [6, 6.07) is 0. The highest BCUT2D eigenvalue weighted by Gasteiger charge is 2.58. The Morgan fingerprint density at radius 1 is 0.489 bits per heavy atom. The maximum Gasteiger partial charge on any atom is 0.330 e. The minimum absolute atomic E-state index is 0.00992. The highest BCUT2D eigenvalue weighted by Crippen LogP contribution is 2.45. The number of hydrogen-bond acceptors (Lipinski definition) is 30. The van der Waals surface area contributed by atoms with Crippen LogP contribution < -0.4 is 0 Å². The summed E-state index contributed by atoms with van der Waals surface area (Å²) < 4.78 is 75.5. The Kier molecular flexibility index (Phi) is 25.4. The van der Waals surface area contributed by atoms with Gasteiger partial charge in [-0.2, -0.15) is 0 Å². The first-order chi connectivity index (χ1) is 42.9. The van der Waals surface area contributed by atoms with E-state index in [1.165, 1.54) is 33.3 Å². The van der Waals surface area contributed by atoms with Gasteiger partial charge < -0.3 is 143 Å². The average Bonchev–Trinajstić information content (AvgIpc) is 0.782. The van der Waals surface area contributed by atoms with Gasteiger partial charge in [-0.25, -0.2) is 9.59 Å². The zero-order valence-electron chi connectivity index (χ0n) is 50.4. The van der Waals surface area contributed by atoms with E-state index in [0.717, 1.165) is 0 Å². The summed E-state index contributed by atoms with van der Waals surface area (Å²) in [5.74, 6) is -2.91. The van der Waals surface area contributed by atoms with Gasteiger partial charge in [-0.1, -0.05) is 12.2 Å². The van der Waals surface area contributed by atoms with E-state index >= 15 is 0 Å². The Bertz CT molecular complexity index is 2300. The molecule has 0 aromatic carbocycles. The van der Waals surface area contributed by atoms with E-state index in [4.69, 9.17) is 61.6 Å². The molecular weight excluding hydrogens is 1200 g/mol. The number of carbonyl (C=O) groups is 2. The third-order valence-corrected chi connectivity index (χ3v) is 19.7. The molecule has 0 aromatic heterocycles. The van der Waals surface area contributed by atoms with Gasteiger partial charge in [-0.3, -0.25) is 0 Å². The molecule has 0 aromatic rings. The van der Waals surface area contributed by atoms with Crippen LogP contribution in [0, 0.1) is 23.7 Å². The first-order valence-electron chi connectivity index (χ1n) is 31.4. The van der Waals surface area contributed by atoms with E-state index in [-0.39, 0.29) is 50.4 Å².